The maximum absolute atomic E-state index is 12.8. The van der Waals surface area contributed by atoms with Gasteiger partial charge in [0.05, 0.1) is 25.1 Å². The van der Waals surface area contributed by atoms with Crippen LogP contribution in [0.4, 0.5) is 5.69 Å². The van der Waals surface area contributed by atoms with Crippen molar-refractivity contribution >= 4 is 21.6 Å². The number of ether oxygens (including phenoxy) is 1. The molecular formula is C22H30N2O4S. The normalized spacial score (nSPS) is 12.6. The number of anilines is 1. The van der Waals surface area contributed by atoms with Crippen molar-refractivity contribution in [3.8, 4) is 5.75 Å². The number of nitrogens with one attached hydrogen (secondary N) is 2. The van der Waals surface area contributed by atoms with Gasteiger partial charge >= 0.3 is 0 Å². The topological polar surface area (TPSA) is 84.5 Å². The van der Waals surface area contributed by atoms with Crippen LogP contribution in [0.1, 0.15) is 65.3 Å². The van der Waals surface area contributed by atoms with Crippen molar-refractivity contribution < 1.29 is 17.9 Å². The molecule has 1 atom stereocenters. The number of carbonyl (C=O) groups is 1. The second kappa shape index (κ2) is 8.86. The standard InChI is InChI=1S/C22H30N2O4S/c1-13(2)18-12-19(14(3)11-21(18)28-6)16(5)23-22(25)17-8-9-20(15(4)10-17)24-29(7,26)27/h8-13,16,24H,1-7H3,(H,23,25)/t16-/m1/s1. The predicted octanol–water partition coefficient (Wildman–Crippen LogP) is 4.30. The molecule has 0 bridgehead atoms. The van der Waals surface area contributed by atoms with Crippen molar-refractivity contribution in [2.75, 3.05) is 18.1 Å². The molecule has 0 heterocycles. The van der Waals surface area contributed by atoms with Crippen molar-refractivity contribution in [1.29, 1.82) is 0 Å². The van der Waals surface area contributed by atoms with Crippen molar-refractivity contribution in [3.05, 3.63) is 58.1 Å². The van der Waals surface area contributed by atoms with E-state index >= 15 is 0 Å². The Morgan fingerprint density at radius 2 is 1.66 bits per heavy atom. The number of carbonyl (C=O) groups excluding carboxylic acids is 1. The molecule has 0 fully saturated rings. The van der Waals surface area contributed by atoms with E-state index in [9.17, 15) is 13.2 Å². The quantitative estimate of drug-likeness (QED) is 0.702. The summed E-state index contributed by atoms with van der Waals surface area (Å²) in [6.45, 7) is 9.92. The molecule has 0 aliphatic carbocycles. The van der Waals surface area contributed by atoms with Crippen molar-refractivity contribution in [2.45, 2.75) is 46.6 Å². The van der Waals surface area contributed by atoms with Gasteiger partial charge in [-0.3, -0.25) is 9.52 Å². The number of benzene rings is 2. The summed E-state index contributed by atoms with van der Waals surface area (Å²) in [7, 11) is -1.71. The number of amides is 1. The van der Waals surface area contributed by atoms with Gasteiger partial charge in [-0.05, 0) is 79.3 Å². The van der Waals surface area contributed by atoms with E-state index in [2.05, 4.69) is 30.0 Å². The maximum Gasteiger partial charge on any atom is 0.251 e. The Morgan fingerprint density at radius 1 is 1.00 bits per heavy atom. The van der Waals surface area contributed by atoms with Crippen LogP contribution in [0.5, 0.6) is 5.75 Å². The summed E-state index contributed by atoms with van der Waals surface area (Å²) >= 11 is 0. The highest BCUT2D eigenvalue weighted by Gasteiger charge is 2.18. The molecule has 0 aromatic heterocycles. The lowest BCUT2D eigenvalue weighted by molar-refractivity contribution is 0.0939. The minimum Gasteiger partial charge on any atom is -0.496 e. The van der Waals surface area contributed by atoms with Gasteiger partial charge in [-0.2, -0.15) is 0 Å². The third-order valence-electron chi connectivity index (χ3n) is 4.84. The van der Waals surface area contributed by atoms with Crippen molar-refractivity contribution in [3.63, 3.8) is 0 Å². The molecule has 2 aromatic rings. The zero-order valence-corrected chi connectivity index (χ0v) is 18.9. The van der Waals surface area contributed by atoms with Gasteiger partial charge in [-0.1, -0.05) is 13.8 Å². The fraction of sp³-hybridized carbons (Fsp3) is 0.409. The van der Waals surface area contributed by atoms with E-state index in [1.54, 1.807) is 32.2 Å². The Bertz CT molecular complexity index is 1010. The smallest absolute Gasteiger partial charge is 0.251 e. The second-order valence-corrected chi connectivity index (χ2v) is 9.45. The minimum absolute atomic E-state index is 0.194. The molecule has 0 radical (unpaired) electrons. The van der Waals surface area contributed by atoms with E-state index in [0.29, 0.717) is 22.7 Å². The van der Waals surface area contributed by atoms with E-state index in [0.717, 1.165) is 28.7 Å². The van der Waals surface area contributed by atoms with Crippen LogP contribution >= 0.6 is 0 Å². The van der Waals surface area contributed by atoms with Crippen molar-refractivity contribution in [2.24, 2.45) is 0 Å². The van der Waals surface area contributed by atoms with Crippen molar-refractivity contribution in [1.82, 2.24) is 5.32 Å². The van der Waals surface area contributed by atoms with Crippen LogP contribution in [0.15, 0.2) is 30.3 Å². The second-order valence-electron chi connectivity index (χ2n) is 7.70. The minimum atomic E-state index is -3.37. The number of hydrogen-bond acceptors (Lipinski definition) is 4. The van der Waals surface area contributed by atoms with Crippen LogP contribution < -0.4 is 14.8 Å². The van der Waals surface area contributed by atoms with Gasteiger partial charge in [0.2, 0.25) is 10.0 Å². The first-order valence-electron chi connectivity index (χ1n) is 9.50. The summed E-state index contributed by atoms with van der Waals surface area (Å²) in [6.07, 6.45) is 1.09. The van der Waals surface area contributed by atoms with Crippen LogP contribution in [0, 0.1) is 13.8 Å². The molecule has 1 amide bonds. The van der Waals surface area contributed by atoms with Crippen LogP contribution in [0.25, 0.3) is 0 Å². The Hall–Kier alpha value is -2.54. The van der Waals surface area contributed by atoms with Gasteiger partial charge < -0.3 is 10.1 Å². The van der Waals surface area contributed by atoms with Gasteiger partial charge in [-0.25, -0.2) is 8.42 Å². The zero-order chi connectivity index (χ0) is 21.9. The summed E-state index contributed by atoms with van der Waals surface area (Å²) < 4.78 is 30.8. The molecule has 6 nitrogen and oxygen atoms in total. The molecule has 0 aliphatic rings. The Kier molecular flexibility index (Phi) is 6.95. The van der Waals surface area contributed by atoms with Gasteiger partial charge in [0.15, 0.2) is 0 Å². The molecule has 0 saturated heterocycles. The van der Waals surface area contributed by atoms with Crippen LogP contribution in [0.3, 0.4) is 0 Å². The average Bonchev–Trinajstić information content (AvgIpc) is 2.61. The molecule has 2 aromatic carbocycles. The van der Waals surface area contributed by atoms with E-state index in [1.807, 2.05) is 19.9 Å². The first-order valence-corrected chi connectivity index (χ1v) is 11.4. The number of hydrogen-bond donors (Lipinski definition) is 2. The first-order chi connectivity index (χ1) is 13.4. The monoisotopic (exact) mass is 418 g/mol. The summed E-state index contributed by atoms with van der Waals surface area (Å²) in [4.78, 5) is 12.8. The van der Waals surface area contributed by atoms with Gasteiger partial charge in [0, 0.05) is 5.56 Å². The zero-order valence-electron chi connectivity index (χ0n) is 18.1. The molecule has 0 spiro atoms. The predicted molar refractivity (Wildman–Crippen MR) is 117 cm³/mol. The molecule has 7 heteroatoms. The third kappa shape index (κ3) is 5.73. The van der Waals surface area contributed by atoms with Crippen LogP contribution in [-0.4, -0.2) is 27.7 Å². The molecule has 0 saturated carbocycles. The number of rotatable bonds is 7. The number of sulfonamides is 1. The third-order valence-corrected chi connectivity index (χ3v) is 5.43. The first kappa shape index (κ1) is 22.7. The Labute approximate surface area is 173 Å². The summed E-state index contributed by atoms with van der Waals surface area (Å²) in [5.41, 5.74) is 4.80. The molecule has 29 heavy (non-hydrogen) atoms. The van der Waals surface area contributed by atoms with Gasteiger partial charge in [0.25, 0.3) is 5.91 Å². The molecule has 2 rings (SSSR count). The van der Waals surface area contributed by atoms with Crippen LogP contribution in [-0.2, 0) is 10.0 Å². The largest absolute Gasteiger partial charge is 0.496 e. The highest BCUT2D eigenvalue weighted by molar-refractivity contribution is 7.92. The molecule has 158 valence electrons. The van der Waals surface area contributed by atoms with Gasteiger partial charge in [-0.15, -0.1) is 0 Å². The van der Waals surface area contributed by atoms with Crippen LogP contribution in [0.2, 0.25) is 0 Å². The fourth-order valence-electron chi connectivity index (χ4n) is 3.29. The molecule has 0 unspecified atom stereocenters. The molecular weight excluding hydrogens is 388 g/mol. The highest BCUT2D eigenvalue weighted by atomic mass is 32.2. The van der Waals surface area contributed by atoms with E-state index in [-0.39, 0.29) is 11.9 Å². The highest BCUT2D eigenvalue weighted by Crippen LogP contribution is 2.32. The number of methoxy groups -OCH3 is 1. The Morgan fingerprint density at radius 3 is 2.17 bits per heavy atom. The van der Waals surface area contributed by atoms with Gasteiger partial charge in [0.1, 0.15) is 5.75 Å². The average molecular weight is 419 g/mol. The van der Waals surface area contributed by atoms with E-state index in [1.165, 1.54) is 0 Å². The number of aryl methyl sites for hydroxylation is 2. The lowest BCUT2D eigenvalue weighted by Gasteiger charge is -2.21. The summed E-state index contributed by atoms with van der Waals surface area (Å²) in [6, 6.07) is 8.79. The van der Waals surface area contributed by atoms with E-state index in [4.69, 9.17) is 4.74 Å². The molecule has 0 aliphatic heterocycles. The van der Waals surface area contributed by atoms with E-state index < -0.39 is 10.0 Å². The summed E-state index contributed by atoms with van der Waals surface area (Å²) in [5, 5.41) is 3.03. The lowest BCUT2D eigenvalue weighted by Crippen LogP contribution is -2.27. The Balaban J connectivity index is 2.25. The lowest BCUT2D eigenvalue weighted by atomic mass is 9.93. The maximum atomic E-state index is 12.8. The summed E-state index contributed by atoms with van der Waals surface area (Å²) in [5.74, 6) is 0.932. The molecule has 2 N–H and O–H groups in total. The fourth-order valence-corrected chi connectivity index (χ4v) is 3.92. The SMILES string of the molecule is COc1cc(C)c([C@@H](C)NC(=O)c2ccc(NS(C)(=O)=O)c(C)c2)cc1C(C)C.